The maximum Gasteiger partial charge on any atom is 0.0604 e. The van der Waals surface area contributed by atoms with Crippen LogP contribution >= 0.6 is 15.9 Å². The molecule has 1 N–H and O–H groups in total. The van der Waals surface area contributed by atoms with Crippen molar-refractivity contribution in [3.8, 4) is 0 Å². The van der Waals surface area contributed by atoms with E-state index in [1.807, 2.05) is 6.07 Å². The molecule has 3 nitrogen and oxygen atoms in total. The molecule has 1 aliphatic heterocycles. The largest absolute Gasteiger partial charge is 0.395 e. The molecule has 2 unspecified atom stereocenters. The van der Waals surface area contributed by atoms with Gasteiger partial charge in [0.25, 0.3) is 0 Å². The first-order valence-electron chi connectivity index (χ1n) is 6.45. The van der Waals surface area contributed by atoms with Gasteiger partial charge in [-0.2, -0.15) is 0 Å². The summed E-state index contributed by atoms with van der Waals surface area (Å²) in [5, 5.41) is 9.55. The standard InChI is InChI=1S/C14H21BrN2O/c1-11-6-7-17(9-14(10-18)16(11)2)13-5-3-4-12(15)8-13/h3-5,8,11,14,18H,6-7,9-10H2,1-2H3. The van der Waals surface area contributed by atoms with Gasteiger partial charge >= 0.3 is 0 Å². The number of benzene rings is 1. The van der Waals surface area contributed by atoms with Gasteiger partial charge in [0.1, 0.15) is 0 Å². The van der Waals surface area contributed by atoms with Gasteiger partial charge in [0, 0.05) is 29.3 Å². The molecule has 2 atom stereocenters. The van der Waals surface area contributed by atoms with Crippen molar-refractivity contribution in [2.24, 2.45) is 0 Å². The maximum absolute atomic E-state index is 9.55. The van der Waals surface area contributed by atoms with E-state index >= 15 is 0 Å². The van der Waals surface area contributed by atoms with Gasteiger partial charge in [-0.15, -0.1) is 0 Å². The van der Waals surface area contributed by atoms with Crippen molar-refractivity contribution in [3.63, 3.8) is 0 Å². The first-order valence-corrected chi connectivity index (χ1v) is 7.24. The normalized spacial score (nSPS) is 26.1. The second-order valence-electron chi connectivity index (χ2n) is 5.07. The number of anilines is 1. The molecule has 0 aromatic heterocycles. The number of aliphatic hydroxyl groups is 1. The minimum absolute atomic E-state index is 0.210. The fourth-order valence-corrected chi connectivity index (χ4v) is 2.86. The Labute approximate surface area is 118 Å². The third-order valence-electron chi connectivity index (χ3n) is 3.90. The number of rotatable bonds is 2. The zero-order valence-corrected chi connectivity index (χ0v) is 12.6. The molecule has 0 amide bonds. The Morgan fingerprint density at radius 2 is 2.22 bits per heavy atom. The van der Waals surface area contributed by atoms with Crippen LogP contribution in [0.25, 0.3) is 0 Å². The van der Waals surface area contributed by atoms with Crippen LogP contribution in [0.3, 0.4) is 0 Å². The lowest BCUT2D eigenvalue weighted by molar-refractivity contribution is 0.127. The molecule has 1 saturated heterocycles. The highest BCUT2D eigenvalue weighted by Crippen LogP contribution is 2.23. The van der Waals surface area contributed by atoms with E-state index in [1.165, 1.54) is 5.69 Å². The van der Waals surface area contributed by atoms with E-state index < -0.39 is 0 Å². The summed E-state index contributed by atoms with van der Waals surface area (Å²) in [7, 11) is 2.11. The fourth-order valence-electron chi connectivity index (χ4n) is 2.47. The lowest BCUT2D eigenvalue weighted by Gasteiger charge is -2.30. The van der Waals surface area contributed by atoms with Gasteiger partial charge in [-0.3, -0.25) is 4.90 Å². The van der Waals surface area contributed by atoms with Gasteiger partial charge in [-0.25, -0.2) is 0 Å². The van der Waals surface area contributed by atoms with Crippen LogP contribution in [0.15, 0.2) is 28.7 Å². The van der Waals surface area contributed by atoms with Gasteiger partial charge < -0.3 is 10.0 Å². The summed E-state index contributed by atoms with van der Waals surface area (Å²) < 4.78 is 1.10. The lowest BCUT2D eigenvalue weighted by atomic mass is 10.2. The van der Waals surface area contributed by atoms with Gasteiger partial charge in [-0.1, -0.05) is 22.0 Å². The quantitative estimate of drug-likeness (QED) is 0.908. The van der Waals surface area contributed by atoms with E-state index in [-0.39, 0.29) is 12.6 Å². The molecule has 1 aromatic rings. The monoisotopic (exact) mass is 312 g/mol. The van der Waals surface area contributed by atoms with Crippen molar-refractivity contribution in [1.29, 1.82) is 0 Å². The number of nitrogens with zero attached hydrogens (tertiary/aromatic N) is 2. The Bertz CT molecular complexity index is 399. The third kappa shape index (κ3) is 3.05. The van der Waals surface area contributed by atoms with E-state index in [1.54, 1.807) is 0 Å². The fraction of sp³-hybridized carbons (Fsp3) is 0.571. The van der Waals surface area contributed by atoms with Crippen LogP contribution in [0, 0.1) is 0 Å². The van der Waals surface area contributed by atoms with E-state index in [0.29, 0.717) is 6.04 Å². The maximum atomic E-state index is 9.55. The Morgan fingerprint density at radius 3 is 2.89 bits per heavy atom. The third-order valence-corrected chi connectivity index (χ3v) is 4.40. The molecule has 0 saturated carbocycles. The van der Waals surface area contributed by atoms with Crippen molar-refractivity contribution < 1.29 is 5.11 Å². The summed E-state index contributed by atoms with van der Waals surface area (Å²) in [5.41, 5.74) is 1.23. The van der Waals surface area contributed by atoms with Gasteiger partial charge in [-0.05, 0) is 38.6 Å². The van der Waals surface area contributed by atoms with Crippen LogP contribution < -0.4 is 4.90 Å². The van der Waals surface area contributed by atoms with Crippen molar-refractivity contribution in [2.45, 2.75) is 25.4 Å². The molecule has 2 rings (SSSR count). The Morgan fingerprint density at radius 1 is 1.44 bits per heavy atom. The first-order chi connectivity index (χ1) is 8.61. The predicted octanol–water partition coefficient (Wildman–Crippen LogP) is 2.34. The molecule has 0 radical (unpaired) electrons. The molecule has 18 heavy (non-hydrogen) atoms. The molecule has 0 aliphatic carbocycles. The predicted molar refractivity (Wildman–Crippen MR) is 79.1 cm³/mol. The van der Waals surface area contributed by atoms with Crippen LogP contribution in [0.1, 0.15) is 13.3 Å². The SMILES string of the molecule is CC1CCN(c2cccc(Br)c2)CC(CO)N1C. The van der Waals surface area contributed by atoms with Gasteiger partial charge in [0.15, 0.2) is 0 Å². The van der Waals surface area contributed by atoms with Crippen molar-refractivity contribution in [1.82, 2.24) is 4.90 Å². The second kappa shape index (κ2) is 6.04. The summed E-state index contributed by atoms with van der Waals surface area (Å²) >= 11 is 3.52. The van der Waals surface area contributed by atoms with Crippen molar-refractivity contribution in [3.05, 3.63) is 28.7 Å². The minimum atomic E-state index is 0.210. The summed E-state index contributed by atoms with van der Waals surface area (Å²) in [5.74, 6) is 0. The molecule has 100 valence electrons. The van der Waals surface area contributed by atoms with E-state index in [2.05, 4.69) is 57.9 Å². The summed E-state index contributed by atoms with van der Waals surface area (Å²) in [4.78, 5) is 4.66. The lowest BCUT2D eigenvalue weighted by Crippen LogP contribution is -2.44. The molecule has 1 aliphatic rings. The summed E-state index contributed by atoms with van der Waals surface area (Å²) in [6.45, 7) is 4.37. The van der Waals surface area contributed by atoms with E-state index in [4.69, 9.17) is 0 Å². The Hall–Kier alpha value is -0.580. The van der Waals surface area contributed by atoms with Crippen LogP contribution in [-0.4, -0.2) is 48.8 Å². The highest BCUT2D eigenvalue weighted by atomic mass is 79.9. The topological polar surface area (TPSA) is 26.7 Å². The zero-order valence-electron chi connectivity index (χ0n) is 11.0. The zero-order chi connectivity index (χ0) is 13.1. The summed E-state index contributed by atoms with van der Waals surface area (Å²) in [6, 6.07) is 9.10. The number of hydrogen-bond acceptors (Lipinski definition) is 3. The summed E-state index contributed by atoms with van der Waals surface area (Å²) in [6.07, 6.45) is 1.12. The number of likely N-dealkylation sites (N-methyl/N-ethyl adjacent to an activating group) is 1. The van der Waals surface area contributed by atoms with Gasteiger partial charge in [0.05, 0.1) is 12.6 Å². The molecule has 4 heteroatoms. The number of hydrogen-bond donors (Lipinski definition) is 1. The van der Waals surface area contributed by atoms with Crippen LogP contribution in [0.4, 0.5) is 5.69 Å². The van der Waals surface area contributed by atoms with E-state index in [9.17, 15) is 5.11 Å². The average molecular weight is 313 g/mol. The van der Waals surface area contributed by atoms with E-state index in [0.717, 1.165) is 24.0 Å². The molecule has 0 spiro atoms. The smallest absolute Gasteiger partial charge is 0.0604 e. The molecule has 0 bridgehead atoms. The van der Waals surface area contributed by atoms with Crippen LogP contribution in [-0.2, 0) is 0 Å². The number of aliphatic hydroxyl groups excluding tert-OH is 1. The Balaban J connectivity index is 2.19. The van der Waals surface area contributed by atoms with Crippen molar-refractivity contribution >= 4 is 21.6 Å². The highest BCUT2D eigenvalue weighted by molar-refractivity contribution is 9.10. The number of halogens is 1. The van der Waals surface area contributed by atoms with Crippen LogP contribution in [0.5, 0.6) is 0 Å². The first kappa shape index (κ1) is 13.8. The molecular formula is C14H21BrN2O. The van der Waals surface area contributed by atoms with Gasteiger partial charge in [0.2, 0.25) is 0 Å². The van der Waals surface area contributed by atoms with Crippen molar-refractivity contribution in [2.75, 3.05) is 31.6 Å². The second-order valence-corrected chi connectivity index (χ2v) is 5.98. The minimum Gasteiger partial charge on any atom is -0.395 e. The molecule has 1 heterocycles. The molecular weight excluding hydrogens is 292 g/mol. The average Bonchev–Trinajstić information content (AvgIpc) is 2.51. The molecule has 1 fully saturated rings. The molecule has 1 aromatic carbocycles. The highest BCUT2D eigenvalue weighted by Gasteiger charge is 2.26. The Kier molecular flexibility index (Phi) is 4.65. The van der Waals surface area contributed by atoms with Crippen LogP contribution in [0.2, 0.25) is 0 Å².